The summed E-state index contributed by atoms with van der Waals surface area (Å²) in [5, 5.41) is 14.6. The summed E-state index contributed by atoms with van der Waals surface area (Å²) >= 11 is 0. The van der Waals surface area contributed by atoms with E-state index in [-0.39, 0.29) is 12.0 Å². The fourth-order valence-electron chi connectivity index (χ4n) is 2.68. The first-order valence-corrected chi connectivity index (χ1v) is 6.90. The predicted octanol–water partition coefficient (Wildman–Crippen LogP) is 1.84. The van der Waals surface area contributed by atoms with Crippen molar-refractivity contribution in [1.82, 2.24) is 4.90 Å². The SMILES string of the molecule is O=C(CN1CC[C@@H](O)C1)Nc1cccc2ccccc12. The summed E-state index contributed by atoms with van der Waals surface area (Å²) in [6, 6.07) is 13.9. The number of carbonyl (C=O) groups is 1. The van der Waals surface area contributed by atoms with E-state index in [0.717, 1.165) is 29.4 Å². The van der Waals surface area contributed by atoms with Gasteiger partial charge in [0, 0.05) is 24.2 Å². The van der Waals surface area contributed by atoms with Crippen molar-refractivity contribution in [2.45, 2.75) is 12.5 Å². The van der Waals surface area contributed by atoms with Gasteiger partial charge >= 0.3 is 0 Å². The molecule has 1 fully saturated rings. The summed E-state index contributed by atoms with van der Waals surface area (Å²) in [5.74, 6) is -0.0320. The van der Waals surface area contributed by atoms with E-state index in [2.05, 4.69) is 5.32 Å². The fourth-order valence-corrected chi connectivity index (χ4v) is 2.68. The van der Waals surface area contributed by atoms with Crippen LogP contribution in [0.2, 0.25) is 0 Å². The Balaban J connectivity index is 1.71. The number of rotatable bonds is 3. The van der Waals surface area contributed by atoms with Gasteiger partial charge in [0.1, 0.15) is 0 Å². The van der Waals surface area contributed by atoms with Crippen LogP contribution in [-0.4, -0.2) is 41.7 Å². The smallest absolute Gasteiger partial charge is 0.238 e. The standard InChI is InChI=1S/C16H18N2O2/c19-13-8-9-18(10-13)11-16(20)17-15-7-3-5-12-4-1-2-6-14(12)15/h1-7,13,19H,8-11H2,(H,17,20)/t13-/m1/s1. The first-order valence-electron chi connectivity index (χ1n) is 6.90. The average Bonchev–Trinajstić information content (AvgIpc) is 2.84. The molecule has 1 saturated heterocycles. The zero-order chi connectivity index (χ0) is 13.9. The van der Waals surface area contributed by atoms with Crippen LogP contribution in [0.4, 0.5) is 5.69 Å². The number of benzene rings is 2. The molecular formula is C16H18N2O2. The second-order valence-corrected chi connectivity index (χ2v) is 5.25. The number of hydrogen-bond acceptors (Lipinski definition) is 3. The van der Waals surface area contributed by atoms with Crippen molar-refractivity contribution in [3.05, 3.63) is 42.5 Å². The van der Waals surface area contributed by atoms with E-state index < -0.39 is 0 Å². The van der Waals surface area contributed by atoms with E-state index in [1.165, 1.54) is 0 Å². The number of fused-ring (bicyclic) bond motifs is 1. The summed E-state index contributed by atoms with van der Waals surface area (Å²) in [5.41, 5.74) is 0.841. The lowest BCUT2D eigenvalue weighted by Crippen LogP contribution is -2.32. The van der Waals surface area contributed by atoms with Crippen molar-refractivity contribution >= 4 is 22.4 Å². The topological polar surface area (TPSA) is 52.6 Å². The van der Waals surface area contributed by atoms with E-state index >= 15 is 0 Å². The molecule has 0 saturated carbocycles. The number of nitrogens with zero attached hydrogens (tertiary/aromatic N) is 1. The first-order chi connectivity index (χ1) is 9.72. The van der Waals surface area contributed by atoms with E-state index in [9.17, 15) is 9.90 Å². The Bertz CT molecular complexity index is 621. The highest BCUT2D eigenvalue weighted by Gasteiger charge is 2.22. The van der Waals surface area contributed by atoms with Gasteiger partial charge in [0.2, 0.25) is 5.91 Å². The molecule has 1 aliphatic heterocycles. The number of aliphatic hydroxyl groups excluding tert-OH is 1. The first kappa shape index (κ1) is 13.1. The Morgan fingerprint density at radius 1 is 1.25 bits per heavy atom. The van der Waals surface area contributed by atoms with Crippen LogP contribution in [0.5, 0.6) is 0 Å². The van der Waals surface area contributed by atoms with Crippen LogP contribution in [0.1, 0.15) is 6.42 Å². The Hall–Kier alpha value is -1.91. The molecule has 0 aliphatic carbocycles. The Morgan fingerprint density at radius 2 is 2.05 bits per heavy atom. The molecule has 4 nitrogen and oxygen atoms in total. The van der Waals surface area contributed by atoms with Crippen LogP contribution < -0.4 is 5.32 Å². The number of amides is 1. The Morgan fingerprint density at radius 3 is 2.85 bits per heavy atom. The average molecular weight is 270 g/mol. The van der Waals surface area contributed by atoms with Crippen molar-refractivity contribution in [3.8, 4) is 0 Å². The molecule has 0 aromatic heterocycles. The maximum absolute atomic E-state index is 12.1. The van der Waals surface area contributed by atoms with E-state index in [4.69, 9.17) is 0 Å². The third kappa shape index (κ3) is 2.81. The third-order valence-electron chi connectivity index (χ3n) is 3.68. The quantitative estimate of drug-likeness (QED) is 0.895. The molecule has 1 atom stereocenters. The molecule has 20 heavy (non-hydrogen) atoms. The number of likely N-dealkylation sites (tertiary alicyclic amines) is 1. The molecule has 1 heterocycles. The van der Waals surface area contributed by atoms with Crippen molar-refractivity contribution in [3.63, 3.8) is 0 Å². The largest absolute Gasteiger partial charge is 0.392 e. The Kier molecular flexibility index (Phi) is 3.67. The number of nitrogens with one attached hydrogen (secondary N) is 1. The van der Waals surface area contributed by atoms with Gasteiger partial charge < -0.3 is 10.4 Å². The number of carbonyl (C=O) groups excluding carboxylic acids is 1. The van der Waals surface area contributed by atoms with Gasteiger partial charge in [-0.3, -0.25) is 9.69 Å². The lowest BCUT2D eigenvalue weighted by atomic mass is 10.1. The number of hydrogen-bond donors (Lipinski definition) is 2. The minimum absolute atomic E-state index is 0.0320. The number of anilines is 1. The molecule has 104 valence electrons. The van der Waals surface area contributed by atoms with Gasteiger partial charge in [0.05, 0.1) is 12.6 Å². The highest BCUT2D eigenvalue weighted by atomic mass is 16.3. The van der Waals surface area contributed by atoms with Crippen LogP contribution in [0, 0.1) is 0 Å². The van der Waals surface area contributed by atoms with Crippen LogP contribution in [0.3, 0.4) is 0 Å². The zero-order valence-electron chi connectivity index (χ0n) is 11.2. The molecule has 4 heteroatoms. The van der Waals surface area contributed by atoms with Gasteiger partial charge in [0.25, 0.3) is 0 Å². The lowest BCUT2D eigenvalue weighted by molar-refractivity contribution is -0.117. The molecule has 0 spiro atoms. The van der Waals surface area contributed by atoms with Crippen molar-refractivity contribution < 1.29 is 9.90 Å². The molecule has 2 aromatic rings. The van der Waals surface area contributed by atoms with Gasteiger partial charge in [-0.2, -0.15) is 0 Å². The minimum Gasteiger partial charge on any atom is -0.392 e. The van der Waals surface area contributed by atoms with Crippen molar-refractivity contribution in [2.75, 3.05) is 25.0 Å². The second-order valence-electron chi connectivity index (χ2n) is 5.25. The monoisotopic (exact) mass is 270 g/mol. The van der Waals surface area contributed by atoms with E-state index in [0.29, 0.717) is 13.1 Å². The maximum atomic E-state index is 12.1. The second kappa shape index (κ2) is 5.61. The maximum Gasteiger partial charge on any atom is 0.238 e. The molecule has 1 amide bonds. The summed E-state index contributed by atoms with van der Waals surface area (Å²) in [7, 11) is 0. The predicted molar refractivity (Wildman–Crippen MR) is 79.6 cm³/mol. The van der Waals surface area contributed by atoms with Gasteiger partial charge in [0.15, 0.2) is 0 Å². The highest BCUT2D eigenvalue weighted by molar-refractivity contribution is 6.02. The third-order valence-corrected chi connectivity index (χ3v) is 3.68. The Labute approximate surface area is 118 Å². The van der Waals surface area contributed by atoms with Gasteiger partial charge in [-0.1, -0.05) is 36.4 Å². The molecular weight excluding hydrogens is 252 g/mol. The lowest BCUT2D eigenvalue weighted by Gasteiger charge is -2.15. The molecule has 2 N–H and O–H groups in total. The minimum atomic E-state index is -0.291. The van der Waals surface area contributed by atoms with Crippen molar-refractivity contribution in [1.29, 1.82) is 0 Å². The summed E-state index contributed by atoms with van der Waals surface area (Å²) in [4.78, 5) is 14.1. The molecule has 3 rings (SSSR count). The summed E-state index contributed by atoms with van der Waals surface area (Å²) in [6.45, 7) is 1.70. The molecule has 2 aromatic carbocycles. The molecule has 1 aliphatic rings. The van der Waals surface area contributed by atoms with Crippen LogP contribution in [0.15, 0.2) is 42.5 Å². The van der Waals surface area contributed by atoms with Gasteiger partial charge in [-0.15, -0.1) is 0 Å². The number of aliphatic hydroxyl groups is 1. The summed E-state index contributed by atoms with van der Waals surface area (Å²) in [6.07, 6.45) is 0.460. The van der Waals surface area contributed by atoms with E-state index in [1.54, 1.807) is 0 Å². The van der Waals surface area contributed by atoms with Gasteiger partial charge in [-0.25, -0.2) is 0 Å². The van der Waals surface area contributed by atoms with Gasteiger partial charge in [-0.05, 0) is 17.9 Å². The normalized spacial score (nSPS) is 19.4. The van der Waals surface area contributed by atoms with Crippen LogP contribution >= 0.6 is 0 Å². The van der Waals surface area contributed by atoms with Crippen LogP contribution in [0.25, 0.3) is 10.8 Å². The fraction of sp³-hybridized carbons (Fsp3) is 0.312. The molecule has 0 bridgehead atoms. The highest BCUT2D eigenvalue weighted by Crippen LogP contribution is 2.22. The van der Waals surface area contributed by atoms with Crippen LogP contribution in [-0.2, 0) is 4.79 Å². The van der Waals surface area contributed by atoms with E-state index in [1.807, 2.05) is 47.4 Å². The summed E-state index contributed by atoms with van der Waals surface area (Å²) < 4.78 is 0. The molecule has 0 unspecified atom stereocenters. The zero-order valence-corrected chi connectivity index (χ0v) is 11.2. The molecule has 0 radical (unpaired) electrons. The van der Waals surface area contributed by atoms with Crippen molar-refractivity contribution in [2.24, 2.45) is 0 Å². The number of β-amino-alcohol motifs (C(OH)–C–C–N with tert-alkyl or cyclic N) is 1.